The summed E-state index contributed by atoms with van der Waals surface area (Å²) >= 11 is 0. The quantitative estimate of drug-likeness (QED) is 0.649. The average Bonchev–Trinajstić information content (AvgIpc) is 2.61. The molecule has 2 fully saturated rings. The molecule has 18 heavy (non-hydrogen) atoms. The van der Waals surface area contributed by atoms with E-state index in [2.05, 4.69) is 23.9 Å². The fourth-order valence-corrected chi connectivity index (χ4v) is 2.98. The first kappa shape index (κ1) is 17.9. The molecule has 0 atom stereocenters. The van der Waals surface area contributed by atoms with Gasteiger partial charge in [0.2, 0.25) is 0 Å². The van der Waals surface area contributed by atoms with E-state index in [1.165, 1.54) is 58.3 Å². The van der Waals surface area contributed by atoms with Crippen molar-refractivity contribution in [2.75, 3.05) is 40.3 Å². The number of likely N-dealkylation sites (tertiary alicyclic amines) is 2. The molecule has 110 valence electrons. The Hall–Kier alpha value is -0.0800. The predicted octanol–water partition coefficient (Wildman–Crippen LogP) is 3.87. The molecule has 1 spiro atoms. The van der Waals surface area contributed by atoms with E-state index in [0.29, 0.717) is 0 Å². The Kier molecular flexibility index (Phi) is 9.76. The average molecular weight is 256 g/mol. The van der Waals surface area contributed by atoms with Crippen molar-refractivity contribution in [2.24, 2.45) is 5.41 Å². The highest BCUT2D eigenvalue weighted by Crippen LogP contribution is 2.40. The highest BCUT2D eigenvalue weighted by Gasteiger charge is 2.34. The van der Waals surface area contributed by atoms with Gasteiger partial charge < -0.3 is 9.80 Å². The van der Waals surface area contributed by atoms with E-state index >= 15 is 0 Å². The molecule has 2 rings (SSSR count). The molecule has 0 N–H and O–H groups in total. The Balaban J connectivity index is 0.000000659. The third-order valence-corrected chi connectivity index (χ3v) is 4.32. The van der Waals surface area contributed by atoms with Crippen molar-refractivity contribution in [3.63, 3.8) is 0 Å². The third-order valence-electron chi connectivity index (χ3n) is 4.32. The van der Waals surface area contributed by atoms with E-state index in [9.17, 15) is 0 Å². The van der Waals surface area contributed by atoms with Crippen LogP contribution in [0.15, 0.2) is 0 Å². The van der Waals surface area contributed by atoms with Crippen molar-refractivity contribution in [2.45, 2.75) is 59.8 Å². The number of hydrogen-bond donors (Lipinski definition) is 0. The molecule has 0 radical (unpaired) electrons. The molecule has 0 aromatic carbocycles. The van der Waals surface area contributed by atoms with Gasteiger partial charge in [-0.1, -0.05) is 27.7 Å². The minimum atomic E-state index is 0.720. The van der Waals surface area contributed by atoms with Crippen molar-refractivity contribution >= 4 is 0 Å². The molecule has 2 heteroatoms. The summed E-state index contributed by atoms with van der Waals surface area (Å²) < 4.78 is 0. The molecule has 2 heterocycles. The van der Waals surface area contributed by atoms with Gasteiger partial charge in [-0.15, -0.1) is 0 Å². The SMILES string of the molecule is CC.CC.CN1CCCC2(CC1)CCN(C)CC2. The van der Waals surface area contributed by atoms with Crippen molar-refractivity contribution < 1.29 is 0 Å². The van der Waals surface area contributed by atoms with Gasteiger partial charge in [-0.25, -0.2) is 0 Å². The van der Waals surface area contributed by atoms with Crippen molar-refractivity contribution in [1.29, 1.82) is 0 Å². The lowest BCUT2D eigenvalue weighted by molar-refractivity contribution is 0.105. The Morgan fingerprint density at radius 3 is 1.44 bits per heavy atom. The molecule has 0 aromatic heterocycles. The lowest BCUT2D eigenvalue weighted by Gasteiger charge is -2.40. The Morgan fingerprint density at radius 1 is 0.611 bits per heavy atom. The third kappa shape index (κ3) is 5.71. The second-order valence-electron chi connectivity index (χ2n) is 5.46. The van der Waals surface area contributed by atoms with Crippen molar-refractivity contribution in [1.82, 2.24) is 9.80 Å². The van der Waals surface area contributed by atoms with Gasteiger partial charge >= 0.3 is 0 Å². The predicted molar refractivity (Wildman–Crippen MR) is 83.2 cm³/mol. The van der Waals surface area contributed by atoms with Crippen LogP contribution in [0, 0.1) is 5.41 Å². The molecule has 0 bridgehead atoms. The van der Waals surface area contributed by atoms with Crippen LogP contribution < -0.4 is 0 Å². The van der Waals surface area contributed by atoms with E-state index in [1.54, 1.807) is 0 Å². The first-order valence-electron chi connectivity index (χ1n) is 8.07. The fraction of sp³-hybridized carbons (Fsp3) is 1.00. The first-order valence-corrected chi connectivity index (χ1v) is 8.07. The van der Waals surface area contributed by atoms with Gasteiger partial charge in [-0.05, 0) is 77.8 Å². The summed E-state index contributed by atoms with van der Waals surface area (Å²) in [5.41, 5.74) is 0.720. The first-order chi connectivity index (χ1) is 8.70. The Labute approximate surface area is 116 Å². The maximum atomic E-state index is 2.51. The van der Waals surface area contributed by atoms with Gasteiger partial charge in [0.15, 0.2) is 0 Å². The van der Waals surface area contributed by atoms with Gasteiger partial charge in [0.05, 0.1) is 0 Å². The Bertz CT molecular complexity index is 178. The molecule has 2 saturated heterocycles. The van der Waals surface area contributed by atoms with Gasteiger partial charge in [0, 0.05) is 0 Å². The Morgan fingerprint density at radius 2 is 1.00 bits per heavy atom. The molecule has 0 amide bonds. The van der Waals surface area contributed by atoms with Crippen LogP contribution in [-0.2, 0) is 0 Å². The largest absolute Gasteiger partial charge is 0.306 e. The number of hydrogen-bond acceptors (Lipinski definition) is 2. The van der Waals surface area contributed by atoms with Gasteiger partial charge in [0.25, 0.3) is 0 Å². The summed E-state index contributed by atoms with van der Waals surface area (Å²) in [6.45, 7) is 13.3. The summed E-state index contributed by atoms with van der Waals surface area (Å²) in [6, 6.07) is 0. The van der Waals surface area contributed by atoms with E-state index < -0.39 is 0 Å². The molecular formula is C16H36N2. The van der Waals surface area contributed by atoms with Crippen LogP contribution in [0.2, 0.25) is 0 Å². The highest BCUT2D eigenvalue weighted by atomic mass is 15.1. The van der Waals surface area contributed by atoms with Gasteiger partial charge in [-0.3, -0.25) is 0 Å². The molecule has 2 aliphatic heterocycles. The summed E-state index contributed by atoms with van der Waals surface area (Å²) in [5.74, 6) is 0. The highest BCUT2D eigenvalue weighted by molar-refractivity contribution is 4.87. The zero-order chi connectivity index (χ0) is 14.0. The van der Waals surface area contributed by atoms with Crippen molar-refractivity contribution in [3.8, 4) is 0 Å². The summed E-state index contributed by atoms with van der Waals surface area (Å²) in [5, 5.41) is 0. The summed E-state index contributed by atoms with van der Waals surface area (Å²) in [7, 11) is 4.53. The normalized spacial score (nSPS) is 24.3. The topological polar surface area (TPSA) is 6.48 Å². The number of rotatable bonds is 0. The van der Waals surface area contributed by atoms with E-state index in [1.807, 2.05) is 27.7 Å². The monoisotopic (exact) mass is 256 g/mol. The van der Waals surface area contributed by atoms with E-state index in [0.717, 1.165) is 5.41 Å². The van der Waals surface area contributed by atoms with Crippen LogP contribution in [0.5, 0.6) is 0 Å². The minimum absolute atomic E-state index is 0.720. The molecule has 0 aromatic rings. The number of nitrogens with zero attached hydrogens (tertiary/aromatic N) is 2. The van der Waals surface area contributed by atoms with Gasteiger partial charge in [-0.2, -0.15) is 0 Å². The van der Waals surface area contributed by atoms with E-state index in [4.69, 9.17) is 0 Å². The molecule has 0 saturated carbocycles. The van der Waals surface area contributed by atoms with Crippen LogP contribution in [-0.4, -0.2) is 50.1 Å². The minimum Gasteiger partial charge on any atom is -0.306 e. The van der Waals surface area contributed by atoms with Crippen LogP contribution >= 0.6 is 0 Å². The smallest absolute Gasteiger partial charge is 0.00165 e. The van der Waals surface area contributed by atoms with Gasteiger partial charge in [0.1, 0.15) is 0 Å². The van der Waals surface area contributed by atoms with Crippen molar-refractivity contribution in [3.05, 3.63) is 0 Å². The van der Waals surface area contributed by atoms with E-state index in [-0.39, 0.29) is 0 Å². The molecular weight excluding hydrogens is 220 g/mol. The van der Waals surface area contributed by atoms with Crippen LogP contribution in [0.1, 0.15) is 59.8 Å². The lowest BCUT2D eigenvalue weighted by atomic mass is 9.73. The van der Waals surface area contributed by atoms with Crippen LogP contribution in [0.4, 0.5) is 0 Å². The maximum Gasteiger partial charge on any atom is -0.00165 e. The zero-order valence-electron chi connectivity index (χ0n) is 13.8. The van der Waals surface area contributed by atoms with Crippen LogP contribution in [0.3, 0.4) is 0 Å². The lowest BCUT2D eigenvalue weighted by Crippen LogP contribution is -2.38. The second-order valence-corrected chi connectivity index (χ2v) is 5.46. The zero-order valence-corrected chi connectivity index (χ0v) is 13.8. The fourth-order valence-electron chi connectivity index (χ4n) is 2.98. The maximum absolute atomic E-state index is 2.51. The standard InChI is InChI=1S/C12H24N2.2C2H6/c1-13-8-3-4-12(5-9-13)6-10-14(2)11-7-12;2*1-2/h3-11H2,1-2H3;2*1-2H3. The van der Waals surface area contributed by atoms with Crippen LogP contribution in [0.25, 0.3) is 0 Å². The molecule has 0 unspecified atom stereocenters. The summed E-state index contributed by atoms with van der Waals surface area (Å²) in [4.78, 5) is 4.99. The summed E-state index contributed by atoms with van der Waals surface area (Å²) in [6.07, 6.45) is 7.22. The molecule has 2 aliphatic rings. The molecule has 2 nitrogen and oxygen atoms in total. The number of piperidine rings is 1. The molecule has 0 aliphatic carbocycles. The second kappa shape index (κ2) is 9.80.